The molecule has 0 rings (SSSR count). The van der Waals surface area contributed by atoms with Crippen molar-refractivity contribution in [2.24, 2.45) is 5.92 Å². The van der Waals surface area contributed by atoms with Crippen molar-refractivity contribution in [1.29, 1.82) is 0 Å². The van der Waals surface area contributed by atoms with E-state index < -0.39 is 0 Å². The van der Waals surface area contributed by atoms with Crippen LogP contribution < -0.4 is 5.32 Å². The van der Waals surface area contributed by atoms with Gasteiger partial charge in [-0.05, 0) is 13.0 Å². The maximum Gasteiger partial charge on any atom is 0.0525 e. The zero-order valence-corrected chi connectivity index (χ0v) is 6.70. The summed E-state index contributed by atoms with van der Waals surface area (Å²) < 4.78 is 0. The Morgan fingerprint density at radius 3 is 2.25 bits per heavy atom. The van der Waals surface area contributed by atoms with E-state index >= 15 is 0 Å². The third-order valence-corrected chi connectivity index (χ3v) is 2.25. The van der Waals surface area contributed by atoms with Crippen LogP contribution in [0.4, 0.5) is 0 Å². The molecule has 0 fully saturated rings. The van der Waals surface area contributed by atoms with Crippen molar-refractivity contribution in [3.05, 3.63) is 0 Å². The molecule has 2 atom stereocenters. The summed E-state index contributed by atoms with van der Waals surface area (Å²) >= 11 is 4.29. The summed E-state index contributed by atoms with van der Waals surface area (Å²) in [7, 11) is 1.93. The Morgan fingerprint density at radius 1 is 1.62 bits per heavy atom. The van der Waals surface area contributed by atoms with Gasteiger partial charge in [-0.25, -0.2) is 0 Å². The third-order valence-electron chi connectivity index (χ3n) is 1.48. The first-order chi connectivity index (χ1) is 3.72. The summed E-state index contributed by atoms with van der Waals surface area (Å²) in [5.41, 5.74) is 0. The Hall–Kier alpha value is 0.310. The van der Waals surface area contributed by atoms with E-state index in [0.717, 1.165) is 0 Å². The lowest BCUT2D eigenvalue weighted by Crippen LogP contribution is -2.25. The van der Waals surface area contributed by atoms with E-state index in [0.29, 0.717) is 11.3 Å². The smallest absolute Gasteiger partial charge is 0.0525 e. The van der Waals surface area contributed by atoms with Crippen LogP contribution in [0.25, 0.3) is 0 Å². The summed E-state index contributed by atoms with van der Waals surface area (Å²) in [5, 5.41) is 3.44. The molecule has 0 aromatic carbocycles. The Bertz CT molecular complexity index is 48.5. The zero-order valence-electron chi connectivity index (χ0n) is 5.81. The molecule has 0 spiro atoms. The van der Waals surface area contributed by atoms with Crippen molar-refractivity contribution in [2.75, 3.05) is 7.05 Å². The Labute approximate surface area is 57.3 Å². The molecule has 0 aliphatic carbocycles. The molecule has 0 aromatic heterocycles. The quantitative estimate of drug-likeness (QED) is 0.439. The number of rotatable bonds is 3. The van der Waals surface area contributed by atoms with Gasteiger partial charge >= 0.3 is 0 Å². The summed E-state index contributed by atoms with van der Waals surface area (Å²) in [6.45, 7) is 4.36. The minimum atomic E-state index is 0.361. The van der Waals surface area contributed by atoms with Gasteiger partial charge in [0.25, 0.3) is 0 Å². The van der Waals surface area contributed by atoms with E-state index in [1.54, 1.807) is 0 Å². The predicted octanol–water partition coefficient (Wildman–Crippen LogP) is 1.51. The average molecular weight is 133 g/mol. The van der Waals surface area contributed by atoms with Crippen LogP contribution in [-0.4, -0.2) is 12.4 Å². The monoisotopic (exact) mass is 133 g/mol. The topological polar surface area (TPSA) is 12.0 Å². The molecule has 0 bridgehead atoms. The second-order valence-electron chi connectivity index (χ2n) is 2.12. The van der Waals surface area contributed by atoms with Gasteiger partial charge in [0.15, 0.2) is 0 Å². The fourth-order valence-electron chi connectivity index (χ4n) is 0.508. The zero-order chi connectivity index (χ0) is 6.57. The van der Waals surface area contributed by atoms with Gasteiger partial charge < -0.3 is 5.32 Å². The molecule has 0 aliphatic heterocycles. The minimum absolute atomic E-state index is 0.361. The van der Waals surface area contributed by atoms with E-state index in [-0.39, 0.29) is 0 Å². The number of hydrogen-bond acceptors (Lipinski definition) is 2. The van der Waals surface area contributed by atoms with Crippen LogP contribution in [0.2, 0.25) is 0 Å². The molecule has 50 valence electrons. The maximum absolute atomic E-state index is 4.29. The average Bonchev–Trinajstić information content (AvgIpc) is 1.84. The van der Waals surface area contributed by atoms with Gasteiger partial charge in [0.05, 0.1) is 5.37 Å². The predicted molar refractivity (Wildman–Crippen MR) is 41.3 cm³/mol. The Kier molecular flexibility index (Phi) is 4.38. The highest BCUT2D eigenvalue weighted by Crippen LogP contribution is 2.08. The highest BCUT2D eigenvalue weighted by atomic mass is 32.1. The molecule has 1 nitrogen and oxygen atoms in total. The lowest BCUT2D eigenvalue weighted by Gasteiger charge is -2.15. The number of thiol groups is 1. The van der Waals surface area contributed by atoms with Crippen molar-refractivity contribution in [1.82, 2.24) is 5.32 Å². The van der Waals surface area contributed by atoms with Crippen LogP contribution in [0.15, 0.2) is 0 Å². The molecule has 0 saturated heterocycles. The first-order valence-electron chi connectivity index (χ1n) is 3.07. The van der Waals surface area contributed by atoms with Gasteiger partial charge in [-0.1, -0.05) is 20.3 Å². The van der Waals surface area contributed by atoms with Crippen molar-refractivity contribution in [2.45, 2.75) is 25.6 Å². The van der Waals surface area contributed by atoms with Gasteiger partial charge in [0.2, 0.25) is 0 Å². The fraction of sp³-hybridized carbons (Fsp3) is 1.00. The first kappa shape index (κ1) is 8.31. The van der Waals surface area contributed by atoms with Gasteiger partial charge in [-0.15, -0.1) is 0 Å². The number of nitrogens with one attached hydrogen (secondary N) is 1. The molecular weight excluding hydrogens is 118 g/mol. The van der Waals surface area contributed by atoms with E-state index in [2.05, 4.69) is 31.8 Å². The van der Waals surface area contributed by atoms with Crippen LogP contribution in [0, 0.1) is 5.92 Å². The molecule has 0 saturated carbocycles. The molecule has 1 unspecified atom stereocenters. The molecule has 0 aliphatic rings. The second-order valence-corrected chi connectivity index (χ2v) is 2.68. The molecular formula is C6H15NS. The highest BCUT2D eigenvalue weighted by molar-refractivity contribution is 7.80. The van der Waals surface area contributed by atoms with Crippen molar-refractivity contribution < 1.29 is 0 Å². The third kappa shape index (κ3) is 2.58. The van der Waals surface area contributed by atoms with Crippen molar-refractivity contribution in [3.8, 4) is 0 Å². The van der Waals surface area contributed by atoms with E-state index in [4.69, 9.17) is 0 Å². The van der Waals surface area contributed by atoms with Crippen LogP contribution in [0.5, 0.6) is 0 Å². The Balaban J connectivity index is 3.29. The SMILES string of the molecule is CC[C@H](C)C(S)NC. The van der Waals surface area contributed by atoms with Crippen molar-refractivity contribution in [3.63, 3.8) is 0 Å². The van der Waals surface area contributed by atoms with Crippen LogP contribution >= 0.6 is 12.6 Å². The van der Waals surface area contributed by atoms with Crippen LogP contribution in [0.3, 0.4) is 0 Å². The summed E-state index contributed by atoms with van der Waals surface area (Å²) in [6, 6.07) is 0. The lowest BCUT2D eigenvalue weighted by molar-refractivity contribution is 0.496. The minimum Gasteiger partial charge on any atom is -0.308 e. The van der Waals surface area contributed by atoms with Crippen LogP contribution in [-0.2, 0) is 0 Å². The summed E-state index contributed by atoms with van der Waals surface area (Å²) in [4.78, 5) is 0. The van der Waals surface area contributed by atoms with E-state index in [1.807, 2.05) is 7.05 Å². The van der Waals surface area contributed by atoms with E-state index in [1.165, 1.54) is 6.42 Å². The lowest BCUT2D eigenvalue weighted by atomic mass is 10.1. The Morgan fingerprint density at radius 2 is 2.12 bits per heavy atom. The maximum atomic E-state index is 4.29. The number of hydrogen-bond donors (Lipinski definition) is 2. The second kappa shape index (κ2) is 4.21. The summed E-state index contributed by atoms with van der Waals surface area (Å²) in [5.74, 6) is 0.670. The van der Waals surface area contributed by atoms with E-state index in [9.17, 15) is 0 Å². The normalized spacial score (nSPS) is 18.0. The molecule has 0 radical (unpaired) electrons. The molecule has 1 N–H and O–H groups in total. The van der Waals surface area contributed by atoms with Gasteiger partial charge in [0.1, 0.15) is 0 Å². The largest absolute Gasteiger partial charge is 0.308 e. The molecule has 0 aromatic rings. The van der Waals surface area contributed by atoms with Gasteiger partial charge in [-0.2, -0.15) is 12.6 Å². The molecule has 0 heterocycles. The first-order valence-corrected chi connectivity index (χ1v) is 3.59. The van der Waals surface area contributed by atoms with Crippen LogP contribution in [0.1, 0.15) is 20.3 Å². The van der Waals surface area contributed by atoms with Gasteiger partial charge in [-0.3, -0.25) is 0 Å². The molecule has 2 heteroatoms. The molecule has 8 heavy (non-hydrogen) atoms. The van der Waals surface area contributed by atoms with Gasteiger partial charge in [0, 0.05) is 0 Å². The van der Waals surface area contributed by atoms with Crippen molar-refractivity contribution >= 4 is 12.6 Å². The standard InChI is InChI=1S/C6H15NS/c1-4-5(2)6(8)7-3/h5-8H,4H2,1-3H3/t5-,6?/m0/s1. The fourth-order valence-corrected chi connectivity index (χ4v) is 0.719. The molecule has 0 amide bonds. The highest BCUT2D eigenvalue weighted by Gasteiger charge is 2.06. The summed E-state index contributed by atoms with van der Waals surface area (Å²) in [6.07, 6.45) is 1.19.